The van der Waals surface area contributed by atoms with Crippen molar-refractivity contribution in [1.82, 2.24) is 14.7 Å². The number of benzene rings is 1. The minimum absolute atomic E-state index is 0.0476. The molecule has 1 atom stereocenters. The number of aromatic nitrogens is 2. The number of aliphatic carboxylic acids is 1. The molecule has 0 saturated carbocycles. The lowest BCUT2D eigenvalue weighted by Crippen LogP contribution is -2.48. The summed E-state index contributed by atoms with van der Waals surface area (Å²) in [6.07, 6.45) is 3.72. The SMILES string of the molecule is CC(c1cnn(-c2ccccc2)c1)N(C)C(C)(C)C(=O)O. The highest BCUT2D eigenvalue weighted by Crippen LogP contribution is 2.26. The molecule has 1 heterocycles. The lowest BCUT2D eigenvalue weighted by molar-refractivity contribution is -0.149. The molecule has 5 heteroatoms. The number of rotatable bonds is 5. The van der Waals surface area contributed by atoms with Gasteiger partial charge in [-0.15, -0.1) is 0 Å². The van der Waals surface area contributed by atoms with Crippen LogP contribution in [0, 0.1) is 0 Å². The fourth-order valence-corrected chi connectivity index (χ4v) is 2.13. The fraction of sp³-hybridized carbons (Fsp3) is 0.375. The molecule has 0 fully saturated rings. The van der Waals surface area contributed by atoms with E-state index < -0.39 is 11.5 Å². The predicted molar refractivity (Wildman–Crippen MR) is 81.5 cm³/mol. The Labute approximate surface area is 124 Å². The Kier molecular flexibility index (Phi) is 4.14. The van der Waals surface area contributed by atoms with Crippen molar-refractivity contribution < 1.29 is 9.90 Å². The number of carboxylic acid groups (broad SMARTS) is 1. The minimum Gasteiger partial charge on any atom is -0.480 e. The number of carbonyl (C=O) groups is 1. The first-order valence-electron chi connectivity index (χ1n) is 6.90. The summed E-state index contributed by atoms with van der Waals surface area (Å²) in [4.78, 5) is 13.2. The molecule has 21 heavy (non-hydrogen) atoms. The summed E-state index contributed by atoms with van der Waals surface area (Å²) in [5, 5.41) is 13.7. The van der Waals surface area contributed by atoms with Crippen LogP contribution in [0.2, 0.25) is 0 Å². The van der Waals surface area contributed by atoms with Crippen molar-refractivity contribution in [3.63, 3.8) is 0 Å². The molecule has 0 bridgehead atoms. The Balaban J connectivity index is 2.24. The Morgan fingerprint density at radius 2 is 1.95 bits per heavy atom. The van der Waals surface area contributed by atoms with Crippen LogP contribution in [0.15, 0.2) is 42.7 Å². The summed E-state index contributed by atoms with van der Waals surface area (Å²) >= 11 is 0. The summed E-state index contributed by atoms with van der Waals surface area (Å²) in [7, 11) is 1.82. The van der Waals surface area contributed by atoms with Crippen molar-refractivity contribution in [1.29, 1.82) is 0 Å². The maximum absolute atomic E-state index is 11.4. The van der Waals surface area contributed by atoms with Gasteiger partial charge in [0.1, 0.15) is 5.54 Å². The van der Waals surface area contributed by atoms with Gasteiger partial charge in [0.05, 0.1) is 11.9 Å². The Morgan fingerprint density at radius 1 is 1.33 bits per heavy atom. The average molecular weight is 287 g/mol. The third-order valence-corrected chi connectivity index (χ3v) is 4.09. The third kappa shape index (κ3) is 2.97. The zero-order valence-corrected chi connectivity index (χ0v) is 12.8. The van der Waals surface area contributed by atoms with Crippen LogP contribution in [0.1, 0.15) is 32.4 Å². The zero-order chi connectivity index (χ0) is 15.6. The van der Waals surface area contributed by atoms with E-state index in [1.54, 1.807) is 24.7 Å². The summed E-state index contributed by atoms with van der Waals surface area (Å²) in [5.41, 5.74) is 1.03. The Morgan fingerprint density at radius 3 is 2.52 bits per heavy atom. The van der Waals surface area contributed by atoms with Gasteiger partial charge in [-0.25, -0.2) is 4.68 Å². The van der Waals surface area contributed by atoms with Crippen molar-refractivity contribution in [2.75, 3.05) is 7.05 Å². The average Bonchev–Trinajstić information content (AvgIpc) is 2.96. The fourth-order valence-electron chi connectivity index (χ4n) is 2.13. The largest absolute Gasteiger partial charge is 0.480 e. The zero-order valence-electron chi connectivity index (χ0n) is 12.8. The van der Waals surface area contributed by atoms with Crippen LogP contribution in [0.5, 0.6) is 0 Å². The van der Waals surface area contributed by atoms with Crippen LogP contribution in [0.25, 0.3) is 5.69 Å². The lowest BCUT2D eigenvalue weighted by atomic mass is 10.00. The molecular weight excluding hydrogens is 266 g/mol. The van der Waals surface area contributed by atoms with E-state index in [-0.39, 0.29) is 6.04 Å². The molecule has 1 aromatic heterocycles. The van der Waals surface area contributed by atoms with Crippen LogP contribution in [0.4, 0.5) is 0 Å². The molecule has 0 aliphatic carbocycles. The van der Waals surface area contributed by atoms with Crippen LogP contribution in [0.3, 0.4) is 0 Å². The quantitative estimate of drug-likeness (QED) is 0.918. The van der Waals surface area contributed by atoms with Crippen molar-refractivity contribution in [2.24, 2.45) is 0 Å². The number of nitrogens with zero attached hydrogens (tertiary/aromatic N) is 3. The second-order valence-electron chi connectivity index (χ2n) is 5.70. The van der Waals surface area contributed by atoms with Crippen LogP contribution in [-0.2, 0) is 4.79 Å². The van der Waals surface area contributed by atoms with Gasteiger partial charge in [0.25, 0.3) is 0 Å². The lowest BCUT2D eigenvalue weighted by Gasteiger charge is -2.35. The first-order chi connectivity index (χ1) is 9.84. The second-order valence-corrected chi connectivity index (χ2v) is 5.70. The molecule has 1 N–H and O–H groups in total. The van der Waals surface area contributed by atoms with E-state index >= 15 is 0 Å². The van der Waals surface area contributed by atoms with Crippen LogP contribution < -0.4 is 0 Å². The molecule has 2 rings (SSSR count). The van der Waals surface area contributed by atoms with Gasteiger partial charge < -0.3 is 5.11 Å². The highest BCUT2D eigenvalue weighted by molar-refractivity contribution is 5.77. The first-order valence-corrected chi connectivity index (χ1v) is 6.90. The standard InChI is InChI=1S/C16H21N3O2/c1-12(18(4)16(2,3)15(20)21)13-10-17-19(11-13)14-8-6-5-7-9-14/h5-12H,1-4H3,(H,20,21). The van der Waals surface area contributed by atoms with Gasteiger partial charge in [-0.1, -0.05) is 18.2 Å². The van der Waals surface area contributed by atoms with Gasteiger partial charge in [-0.05, 0) is 40.0 Å². The molecule has 0 spiro atoms. The molecule has 0 radical (unpaired) electrons. The topological polar surface area (TPSA) is 58.4 Å². The van der Waals surface area contributed by atoms with Gasteiger partial charge in [0.2, 0.25) is 0 Å². The Bertz CT molecular complexity index is 619. The van der Waals surface area contributed by atoms with E-state index in [4.69, 9.17) is 0 Å². The number of hydrogen-bond acceptors (Lipinski definition) is 3. The number of carboxylic acids is 1. The smallest absolute Gasteiger partial charge is 0.323 e. The summed E-state index contributed by atoms with van der Waals surface area (Å²) < 4.78 is 1.80. The van der Waals surface area contributed by atoms with E-state index in [0.717, 1.165) is 11.3 Å². The first kappa shape index (κ1) is 15.3. The summed E-state index contributed by atoms with van der Waals surface area (Å²) in [5.74, 6) is -0.840. The molecule has 0 saturated heterocycles. The molecule has 5 nitrogen and oxygen atoms in total. The van der Waals surface area contributed by atoms with Gasteiger partial charge in [0, 0.05) is 17.8 Å². The van der Waals surface area contributed by atoms with Crippen molar-refractivity contribution in [2.45, 2.75) is 32.4 Å². The molecule has 1 aromatic carbocycles. The normalized spacial score (nSPS) is 13.4. The molecular formula is C16H21N3O2. The summed E-state index contributed by atoms with van der Waals surface area (Å²) in [6, 6.07) is 9.78. The number of hydrogen-bond donors (Lipinski definition) is 1. The van der Waals surface area contributed by atoms with Gasteiger partial charge >= 0.3 is 5.97 Å². The van der Waals surface area contributed by atoms with Crippen molar-refractivity contribution in [3.05, 3.63) is 48.3 Å². The van der Waals surface area contributed by atoms with E-state index in [1.807, 2.05) is 55.4 Å². The van der Waals surface area contributed by atoms with Gasteiger partial charge in [-0.3, -0.25) is 9.69 Å². The van der Waals surface area contributed by atoms with Crippen molar-refractivity contribution in [3.8, 4) is 5.69 Å². The van der Waals surface area contributed by atoms with E-state index in [1.165, 1.54) is 0 Å². The van der Waals surface area contributed by atoms with Crippen LogP contribution >= 0.6 is 0 Å². The van der Waals surface area contributed by atoms with E-state index in [0.29, 0.717) is 0 Å². The van der Waals surface area contributed by atoms with E-state index in [9.17, 15) is 9.90 Å². The maximum atomic E-state index is 11.4. The van der Waals surface area contributed by atoms with Crippen LogP contribution in [-0.4, -0.2) is 38.3 Å². The second kappa shape index (κ2) is 5.69. The Hall–Kier alpha value is -2.14. The third-order valence-electron chi connectivity index (χ3n) is 4.09. The molecule has 0 aliphatic rings. The van der Waals surface area contributed by atoms with Gasteiger partial charge in [0.15, 0.2) is 0 Å². The molecule has 2 aromatic rings. The predicted octanol–water partition coefficient (Wildman–Crippen LogP) is 2.73. The summed E-state index contributed by atoms with van der Waals surface area (Å²) in [6.45, 7) is 5.39. The molecule has 0 aliphatic heterocycles. The number of para-hydroxylation sites is 1. The molecule has 1 unspecified atom stereocenters. The highest BCUT2D eigenvalue weighted by Gasteiger charge is 2.35. The monoisotopic (exact) mass is 287 g/mol. The maximum Gasteiger partial charge on any atom is 0.323 e. The minimum atomic E-state index is -0.936. The molecule has 0 amide bonds. The highest BCUT2D eigenvalue weighted by atomic mass is 16.4. The molecule has 112 valence electrons. The van der Waals surface area contributed by atoms with Crippen molar-refractivity contribution >= 4 is 5.97 Å². The number of likely N-dealkylation sites (N-methyl/N-ethyl adjacent to an activating group) is 1. The van der Waals surface area contributed by atoms with E-state index in [2.05, 4.69) is 5.10 Å². The van der Waals surface area contributed by atoms with Gasteiger partial charge in [-0.2, -0.15) is 5.10 Å².